The fraction of sp³-hybridized carbons (Fsp3) is 0.647. The topological polar surface area (TPSA) is 82.7 Å². The molecule has 1 saturated carbocycles. The van der Waals surface area contributed by atoms with E-state index in [0.29, 0.717) is 12.8 Å². The van der Waals surface area contributed by atoms with Crippen molar-refractivity contribution in [3.05, 3.63) is 24.0 Å². The van der Waals surface area contributed by atoms with E-state index in [1.165, 1.54) is 11.3 Å². The van der Waals surface area contributed by atoms with Gasteiger partial charge in [-0.1, -0.05) is 0 Å². The number of nitrogens with two attached hydrogens (primary N) is 1. The summed E-state index contributed by atoms with van der Waals surface area (Å²) in [5.41, 5.74) is 8.29. The number of rotatable bonds is 2. The number of hydrogen-bond donors (Lipinski definition) is 2. The molecule has 0 aromatic carbocycles. The Morgan fingerprint density at radius 2 is 1.92 bits per heavy atom. The number of pyridine rings is 1. The summed E-state index contributed by atoms with van der Waals surface area (Å²) in [4.78, 5) is 21.1. The van der Waals surface area contributed by atoms with E-state index < -0.39 is 6.10 Å². The van der Waals surface area contributed by atoms with Gasteiger partial charge in [-0.15, -0.1) is 24.8 Å². The lowest BCUT2D eigenvalue weighted by molar-refractivity contribution is -0.137. The highest BCUT2D eigenvalue weighted by atomic mass is 35.5. The Morgan fingerprint density at radius 3 is 2.52 bits per heavy atom. The van der Waals surface area contributed by atoms with Crippen molar-refractivity contribution in [3.8, 4) is 0 Å². The van der Waals surface area contributed by atoms with Gasteiger partial charge in [-0.3, -0.25) is 9.78 Å². The number of aliphatic hydroxyl groups is 1. The van der Waals surface area contributed by atoms with Crippen molar-refractivity contribution in [1.29, 1.82) is 0 Å². The summed E-state index contributed by atoms with van der Waals surface area (Å²) < 4.78 is 0. The number of hydrogen-bond acceptors (Lipinski definition) is 5. The highest BCUT2D eigenvalue weighted by Crippen LogP contribution is 2.26. The number of carbonyl (C=O) groups excluding carboxylic acids is 1. The Labute approximate surface area is 161 Å². The van der Waals surface area contributed by atoms with Crippen molar-refractivity contribution >= 4 is 36.4 Å². The first-order valence-electron chi connectivity index (χ1n) is 8.44. The number of aryl methyl sites for hydroxylation is 1. The first-order chi connectivity index (χ1) is 11.1. The molecule has 0 spiro atoms. The highest BCUT2D eigenvalue weighted by Gasteiger charge is 2.34. The SMILES string of the molecule is Cc1cnccc1N1CCN(C(=O)[C@H]2CC[C@@H](O)[C@H](N)C2)CC1.Cl.Cl. The predicted molar refractivity (Wildman–Crippen MR) is 104 cm³/mol. The lowest BCUT2D eigenvalue weighted by Gasteiger charge is -2.39. The van der Waals surface area contributed by atoms with E-state index in [1.54, 1.807) is 0 Å². The molecule has 1 aromatic heterocycles. The molecule has 6 nitrogen and oxygen atoms in total. The molecule has 2 heterocycles. The second kappa shape index (κ2) is 9.57. The maximum Gasteiger partial charge on any atom is 0.225 e. The maximum atomic E-state index is 12.7. The molecule has 2 fully saturated rings. The molecule has 142 valence electrons. The average molecular weight is 391 g/mol. The van der Waals surface area contributed by atoms with Crippen LogP contribution in [-0.4, -0.2) is 59.2 Å². The zero-order chi connectivity index (χ0) is 16.4. The molecule has 1 saturated heterocycles. The van der Waals surface area contributed by atoms with Crippen LogP contribution >= 0.6 is 24.8 Å². The molecule has 1 amide bonds. The van der Waals surface area contributed by atoms with Crippen molar-refractivity contribution < 1.29 is 9.90 Å². The number of aliphatic hydroxyl groups excluding tert-OH is 1. The summed E-state index contributed by atoms with van der Waals surface area (Å²) in [6.45, 7) is 5.24. The van der Waals surface area contributed by atoms with Gasteiger partial charge in [0, 0.05) is 56.2 Å². The van der Waals surface area contributed by atoms with Gasteiger partial charge in [0.15, 0.2) is 0 Å². The quantitative estimate of drug-likeness (QED) is 0.796. The second-order valence-electron chi connectivity index (χ2n) is 6.72. The van der Waals surface area contributed by atoms with Crippen LogP contribution in [0.25, 0.3) is 0 Å². The van der Waals surface area contributed by atoms with Crippen LogP contribution in [0, 0.1) is 12.8 Å². The lowest BCUT2D eigenvalue weighted by atomic mass is 9.83. The molecule has 0 bridgehead atoms. The number of aromatic nitrogens is 1. The number of carbonyl (C=O) groups is 1. The minimum Gasteiger partial charge on any atom is -0.392 e. The van der Waals surface area contributed by atoms with Crippen LogP contribution in [0.1, 0.15) is 24.8 Å². The van der Waals surface area contributed by atoms with Gasteiger partial charge >= 0.3 is 0 Å². The van der Waals surface area contributed by atoms with Crippen molar-refractivity contribution in [3.63, 3.8) is 0 Å². The first kappa shape index (κ1) is 22.0. The average Bonchev–Trinajstić information content (AvgIpc) is 2.57. The molecule has 1 aromatic rings. The van der Waals surface area contributed by atoms with Crippen LogP contribution in [0.4, 0.5) is 5.69 Å². The number of piperazine rings is 1. The van der Waals surface area contributed by atoms with E-state index in [-0.39, 0.29) is 42.7 Å². The van der Waals surface area contributed by atoms with Gasteiger partial charge in [0.1, 0.15) is 0 Å². The van der Waals surface area contributed by atoms with Gasteiger partial charge in [-0.2, -0.15) is 0 Å². The lowest BCUT2D eigenvalue weighted by Crippen LogP contribution is -2.52. The first-order valence-corrected chi connectivity index (χ1v) is 8.44. The standard InChI is InChI=1S/C17H26N4O2.2ClH/c1-12-11-19-5-4-15(12)20-6-8-21(9-7-20)17(23)13-2-3-16(22)14(18)10-13;;/h4-5,11,13-14,16,22H,2-3,6-10,18H2,1H3;2*1H/t13-,14+,16+;;/m0../s1. The summed E-state index contributed by atoms with van der Waals surface area (Å²) in [5.74, 6) is 0.182. The highest BCUT2D eigenvalue weighted by molar-refractivity contribution is 5.85. The fourth-order valence-electron chi connectivity index (χ4n) is 3.66. The summed E-state index contributed by atoms with van der Waals surface area (Å²) in [7, 11) is 0. The van der Waals surface area contributed by atoms with Crippen molar-refractivity contribution in [2.75, 3.05) is 31.1 Å². The van der Waals surface area contributed by atoms with E-state index in [2.05, 4.69) is 16.8 Å². The monoisotopic (exact) mass is 390 g/mol. The molecule has 25 heavy (non-hydrogen) atoms. The van der Waals surface area contributed by atoms with Crippen LogP contribution in [0.2, 0.25) is 0 Å². The molecular weight excluding hydrogens is 363 g/mol. The smallest absolute Gasteiger partial charge is 0.225 e. The van der Waals surface area contributed by atoms with E-state index in [9.17, 15) is 9.90 Å². The summed E-state index contributed by atoms with van der Waals surface area (Å²) in [6, 6.07) is 1.77. The molecule has 3 rings (SSSR count). The number of anilines is 1. The van der Waals surface area contributed by atoms with E-state index in [1.807, 2.05) is 23.4 Å². The molecule has 1 aliphatic heterocycles. The van der Waals surface area contributed by atoms with E-state index >= 15 is 0 Å². The van der Waals surface area contributed by atoms with E-state index in [0.717, 1.165) is 32.6 Å². The molecule has 3 atom stereocenters. The third-order valence-electron chi connectivity index (χ3n) is 5.13. The zero-order valence-corrected chi connectivity index (χ0v) is 16.1. The van der Waals surface area contributed by atoms with Crippen LogP contribution in [-0.2, 0) is 4.79 Å². The summed E-state index contributed by atoms with van der Waals surface area (Å²) >= 11 is 0. The molecule has 0 radical (unpaired) electrons. The molecule has 2 aliphatic rings. The third-order valence-corrected chi connectivity index (χ3v) is 5.13. The normalized spacial score (nSPS) is 26.4. The van der Waals surface area contributed by atoms with Crippen molar-refractivity contribution in [2.24, 2.45) is 11.7 Å². The summed E-state index contributed by atoms with van der Waals surface area (Å²) in [5, 5.41) is 9.71. The van der Waals surface area contributed by atoms with Crippen LogP contribution in [0.15, 0.2) is 18.5 Å². The Balaban J connectivity index is 0.00000156. The zero-order valence-electron chi connectivity index (χ0n) is 14.5. The van der Waals surface area contributed by atoms with Gasteiger partial charge in [-0.25, -0.2) is 0 Å². The Bertz CT molecular complexity index is 567. The Morgan fingerprint density at radius 1 is 1.24 bits per heavy atom. The maximum absolute atomic E-state index is 12.7. The largest absolute Gasteiger partial charge is 0.392 e. The third kappa shape index (κ3) is 4.97. The molecule has 8 heteroatoms. The summed E-state index contributed by atoms with van der Waals surface area (Å²) in [6.07, 6.45) is 5.22. The minimum absolute atomic E-state index is 0. The molecule has 0 unspecified atom stereocenters. The van der Waals surface area contributed by atoms with Gasteiger partial charge in [-0.05, 0) is 37.8 Å². The fourth-order valence-corrected chi connectivity index (χ4v) is 3.66. The Hall–Kier alpha value is -1.08. The molecular formula is C17H28Cl2N4O2. The molecule has 1 aliphatic carbocycles. The Kier molecular flexibility index (Phi) is 8.41. The van der Waals surface area contributed by atoms with Crippen molar-refractivity contribution in [2.45, 2.75) is 38.3 Å². The van der Waals surface area contributed by atoms with Crippen LogP contribution in [0.5, 0.6) is 0 Å². The van der Waals surface area contributed by atoms with E-state index in [4.69, 9.17) is 5.73 Å². The van der Waals surface area contributed by atoms with Gasteiger partial charge in [0.05, 0.1) is 6.10 Å². The van der Waals surface area contributed by atoms with Gasteiger partial charge in [0.2, 0.25) is 5.91 Å². The number of amides is 1. The predicted octanol–water partition coefficient (Wildman–Crippen LogP) is 1.37. The van der Waals surface area contributed by atoms with Gasteiger partial charge in [0.25, 0.3) is 0 Å². The number of nitrogens with zero attached hydrogens (tertiary/aromatic N) is 3. The number of halogens is 2. The van der Waals surface area contributed by atoms with Crippen LogP contribution in [0.3, 0.4) is 0 Å². The van der Waals surface area contributed by atoms with Gasteiger partial charge < -0.3 is 20.6 Å². The van der Waals surface area contributed by atoms with Crippen molar-refractivity contribution in [1.82, 2.24) is 9.88 Å². The molecule has 3 N–H and O–H groups in total. The van der Waals surface area contributed by atoms with Crippen LogP contribution < -0.4 is 10.6 Å². The second-order valence-corrected chi connectivity index (χ2v) is 6.72. The minimum atomic E-state index is -0.453.